The Morgan fingerprint density at radius 2 is 2.31 bits per heavy atom. The number of thioether (sulfide) groups is 1. The van der Waals surface area contributed by atoms with Gasteiger partial charge in [-0.3, -0.25) is 9.69 Å². The third kappa shape index (κ3) is 2.24. The van der Waals surface area contributed by atoms with Crippen LogP contribution in [0.4, 0.5) is 10.7 Å². The molecule has 0 aliphatic carbocycles. The number of nitrogens with zero attached hydrogens (tertiary/aromatic N) is 3. The average Bonchev–Trinajstić information content (AvgIpc) is 2.78. The number of rotatable bonds is 4. The number of hydrogen-bond donors (Lipinski definition) is 3. The van der Waals surface area contributed by atoms with E-state index in [1.54, 1.807) is 0 Å². The van der Waals surface area contributed by atoms with Crippen LogP contribution in [-0.2, 0) is 4.79 Å². The fourth-order valence-corrected chi connectivity index (χ4v) is 1.96. The zero-order valence-corrected chi connectivity index (χ0v) is 9.08. The first-order chi connectivity index (χ1) is 7.66. The molecule has 1 aliphatic rings. The zero-order chi connectivity index (χ0) is 11.5. The topological polar surface area (TPSA) is 117 Å². The van der Waals surface area contributed by atoms with Crippen LogP contribution in [0.3, 0.4) is 0 Å². The zero-order valence-electron chi connectivity index (χ0n) is 8.27. The molecule has 0 spiro atoms. The summed E-state index contributed by atoms with van der Waals surface area (Å²) in [7, 11) is 0. The maximum absolute atomic E-state index is 11.2. The number of imide groups is 1. The molecule has 0 aromatic carbocycles. The number of amides is 3. The number of carbonyl (C=O) groups excluding carboxylic acids is 2. The van der Waals surface area contributed by atoms with Crippen LogP contribution in [-0.4, -0.2) is 50.9 Å². The van der Waals surface area contributed by atoms with Gasteiger partial charge in [0.25, 0.3) is 0 Å². The molecule has 1 aliphatic heterocycles. The van der Waals surface area contributed by atoms with E-state index < -0.39 is 0 Å². The summed E-state index contributed by atoms with van der Waals surface area (Å²) in [5, 5.41) is 9.26. The van der Waals surface area contributed by atoms with Crippen LogP contribution in [0.15, 0.2) is 5.16 Å². The molecule has 1 fully saturated rings. The second-order valence-electron chi connectivity index (χ2n) is 3.06. The molecule has 4 N–H and O–H groups in total. The molecule has 2 heterocycles. The van der Waals surface area contributed by atoms with Gasteiger partial charge in [0.1, 0.15) is 0 Å². The lowest BCUT2D eigenvalue weighted by molar-refractivity contribution is -0.124. The Labute approximate surface area is 95.0 Å². The van der Waals surface area contributed by atoms with E-state index in [1.807, 2.05) is 0 Å². The summed E-state index contributed by atoms with van der Waals surface area (Å²) < 4.78 is 0. The second-order valence-corrected chi connectivity index (χ2v) is 4.12. The van der Waals surface area contributed by atoms with Gasteiger partial charge in [-0.25, -0.2) is 9.89 Å². The molecule has 8 nitrogen and oxygen atoms in total. The number of H-pyrrole nitrogens is 1. The van der Waals surface area contributed by atoms with E-state index in [9.17, 15) is 9.59 Å². The van der Waals surface area contributed by atoms with Crippen LogP contribution in [0.5, 0.6) is 0 Å². The van der Waals surface area contributed by atoms with Gasteiger partial charge >= 0.3 is 6.03 Å². The van der Waals surface area contributed by atoms with Crippen LogP contribution < -0.4 is 11.1 Å². The van der Waals surface area contributed by atoms with Gasteiger partial charge in [-0.2, -0.15) is 4.98 Å². The molecular formula is C7H10N6O2S. The Kier molecular flexibility index (Phi) is 2.95. The van der Waals surface area contributed by atoms with Gasteiger partial charge in [-0.1, -0.05) is 11.8 Å². The normalized spacial score (nSPS) is 15.6. The number of nitrogen functional groups attached to an aromatic ring is 1. The first-order valence-electron chi connectivity index (χ1n) is 4.55. The van der Waals surface area contributed by atoms with E-state index in [0.29, 0.717) is 17.5 Å². The Morgan fingerprint density at radius 1 is 1.50 bits per heavy atom. The number of carbonyl (C=O) groups is 2. The fourth-order valence-electron chi connectivity index (χ4n) is 1.23. The molecule has 0 atom stereocenters. The summed E-state index contributed by atoms with van der Waals surface area (Å²) >= 11 is 1.32. The Balaban J connectivity index is 1.80. The van der Waals surface area contributed by atoms with Crippen LogP contribution in [0.1, 0.15) is 0 Å². The molecule has 1 aromatic heterocycles. The first-order valence-corrected chi connectivity index (χ1v) is 5.54. The van der Waals surface area contributed by atoms with Crippen molar-refractivity contribution < 1.29 is 9.59 Å². The van der Waals surface area contributed by atoms with Crippen molar-refractivity contribution in [2.24, 2.45) is 0 Å². The number of anilines is 1. The van der Waals surface area contributed by atoms with Crippen LogP contribution in [0.25, 0.3) is 0 Å². The molecule has 9 heteroatoms. The van der Waals surface area contributed by atoms with Crippen molar-refractivity contribution >= 4 is 29.6 Å². The molecule has 0 unspecified atom stereocenters. The van der Waals surface area contributed by atoms with Crippen molar-refractivity contribution in [1.29, 1.82) is 0 Å². The number of nitrogens with one attached hydrogen (secondary N) is 2. The van der Waals surface area contributed by atoms with Crippen molar-refractivity contribution in [2.75, 3.05) is 24.6 Å². The summed E-state index contributed by atoms with van der Waals surface area (Å²) in [5.74, 6) is 0.578. The minimum atomic E-state index is -0.347. The number of hydrogen-bond acceptors (Lipinski definition) is 6. The van der Waals surface area contributed by atoms with Gasteiger partial charge in [0.2, 0.25) is 17.0 Å². The molecule has 0 radical (unpaired) electrons. The van der Waals surface area contributed by atoms with Gasteiger partial charge in [0.15, 0.2) is 0 Å². The van der Waals surface area contributed by atoms with E-state index in [1.165, 1.54) is 16.7 Å². The van der Waals surface area contributed by atoms with Crippen molar-refractivity contribution in [3.8, 4) is 0 Å². The van der Waals surface area contributed by atoms with Crippen molar-refractivity contribution in [2.45, 2.75) is 5.16 Å². The molecule has 0 bridgehead atoms. The quantitative estimate of drug-likeness (QED) is 0.462. The van der Waals surface area contributed by atoms with E-state index in [-0.39, 0.29) is 24.4 Å². The summed E-state index contributed by atoms with van der Waals surface area (Å²) in [6.45, 7) is 0.418. The van der Waals surface area contributed by atoms with Gasteiger partial charge in [0.05, 0.1) is 6.54 Å². The van der Waals surface area contributed by atoms with Crippen LogP contribution in [0.2, 0.25) is 0 Å². The monoisotopic (exact) mass is 242 g/mol. The average molecular weight is 242 g/mol. The predicted octanol–water partition coefficient (Wildman–Crippen LogP) is -0.969. The smallest absolute Gasteiger partial charge is 0.324 e. The number of aromatic amines is 1. The second kappa shape index (κ2) is 4.39. The predicted molar refractivity (Wildman–Crippen MR) is 56.6 cm³/mol. The minimum Gasteiger partial charge on any atom is -0.368 e. The highest BCUT2D eigenvalue weighted by molar-refractivity contribution is 7.99. The summed E-state index contributed by atoms with van der Waals surface area (Å²) in [6.07, 6.45) is 0. The molecule has 0 saturated carbocycles. The van der Waals surface area contributed by atoms with Gasteiger partial charge in [-0.15, -0.1) is 5.10 Å². The third-order valence-electron chi connectivity index (χ3n) is 1.97. The summed E-state index contributed by atoms with van der Waals surface area (Å²) in [4.78, 5) is 27.4. The standard InChI is InChI=1S/C7H10N6O2S/c8-5-10-6(12-11-5)16-2-1-13-4(14)3-9-7(13)15/h1-3H2,(H,9,15)(H3,8,10,11,12). The molecule has 86 valence electrons. The van der Waals surface area contributed by atoms with Gasteiger partial charge in [-0.05, 0) is 0 Å². The molecule has 3 amide bonds. The molecule has 1 aromatic rings. The van der Waals surface area contributed by atoms with E-state index >= 15 is 0 Å². The van der Waals surface area contributed by atoms with E-state index in [0.717, 1.165) is 0 Å². The van der Waals surface area contributed by atoms with Crippen LogP contribution >= 0.6 is 11.8 Å². The van der Waals surface area contributed by atoms with Crippen molar-refractivity contribution in [1.82, 2.24) is 25.4 Å². The van der Waals surface area contributed by atoms with Crippen molar-refractivity contribution in [3.05, 3.63) is 0 Å². The van der Waals surface area contributed by atoms with Gasteiger partial charge < -0.3 is 11.1 Å². The Bertz CT molecular complexity index is 403. The molecule has 1 saturated heterocycles. The lowest BCUT2D eigenvalue weighted by atomic mass is 10.5. The molecule has 16 heavy (non-hydrogen) atoms. The Hall–Kier alpha value is -1.77. The maximum Gasteiger partial charge on any atom is 0.324 e. The van der Waals surface area contributed by atoms with E-state index in [2.05, 4.69) is 20.5 Å². The number of nitrogens with two attached hydrogens (primary N) is 1. The van der Waals surface area contributed by atoms with Crippen molar-refractivity contribution in [3.63, 3.8) is 0 Å². The largest absolute Gasteiger partial charge is 0.368 e. The lowest BCUT2D eigenvalue weighted by Gasteiger charge is -2.10. The first kappa shape index (κ1) is 10.7. The molecule has 2 rings (SSSR count). The SMILES string of the molecule is Nc1nc(SCCN2C(=O)CNC2=O)n[nH]1. The third-order valence-corrected chi connectivity index (χ3v) is 2.79. The highest BCUT2D eigenvalue weighted by Crippen LogP contribution is 2.13. The summed E-state index contributed by atoms with van der Waals surface area (Å²) in [5.41, 5.74) is 5.35. The highest BCUT2D eigenvalue weighted by atomic mass is 32.2. The Morgan fingerprint density at radius 3 is 2.88 bits per heavy atom. The number of urea groups is 1. The fraction of sp³-hybridized carbons (Fsp3) is 0.429. The highest BCUT2D eigenvalue weighted by Gasteiger charge is 2.27. The molecular weight excluding hydrogens is 232 g/mol. The lowest BCUT2D eigenvalue weighted by Crippen LogP contribution is -2.32. The van der Waals surface area contributed by atoms with Gasteiger partial charge in [0, 0.05) is 12.3 Å². The van der Waals surface area contributed by atoms with Crippen LogP contribution in [0, 0.1) is 0 Å². The minimum absolute atomic E-state index is 0.0805. The summed E-state index contributed by atoms with van der Waals surface area (Å²) in [6, 6.07) is -0.347. The van der Waals surface area contributed by atoms with E-state index in [4.69, 9.17) is 5.73 Å². The maximum atomic E-state index is 11.2. The number of aromatic nitrogens is 3.